The molecule has 0 bridgehead atoms. The molecular formula is C9H16O3. The molecule has 1 aliphatic rings. The highest BCUT2D eigenvalue weighted by Crippen LogP contribution is 2.28. The molecule has 3 heteroatoms. The molecule has 3 nitrogen and oxygen atoms in total. The second-order valence-corrected chi connectivity index (χ2v) is 3.42. The molecule has 0 radical (unpaired) electrons. The van der Waals surface area contributed by atoms with Gasteiger partial charge in [0.15, 0.2) is 0 Å². The number of hydrogen-bond donors (Lipinski definition) is 1. The predicted molar refractivity (Wildman–Crippen MR) is 45.0 cm³/mol. The van der Waals surface area contributed by atoms with Crippen LogP contribution in [0.15, 0.2) is 0 Å². The zero-order valence-corrected chi connectivity index (χ0v) is 7.45. The van der Waals surface area contributed by atoms with Gasteiger partial charge in [0.05, 0.1) is 12.5 Å². The molecule has 0 aliphatic heterocycles. The van der Waals surface area contributed by atoms with Crippen LogP contribution in [-0.2, 0) is 9.53 Å². The first kappa shape index (κ1) is 9.52. The Balaban J connectivity index is 2.41. The van der Waals surface area contributed by atoms with Gasteiger partial charge in [-0.05, 0) is 18.8 Å². The average molecular weight is 172 g/mol. The summed E-state index contributed by atoms with van der Waals surface area (Å²) in [5.74, 6) is -0.467. The molecule has 0 heterocycles. The summed E-state index contributed by atoms with van der Waals surface area (Å²) in [6.07, 6.45) is 4.79. The molecule has 1 fully saturated rings. The molecule has 0 saturated heterocycles. The predicted octanol–water partition coefficient (Wildman–Crippen LogP) is 1.67. The second-order valence-electron chi connectivity index (χ2n) is 3.42. The molecule has 12 heavy (non-hydrogen) atoms. The van der Waals surface area contributed by atoms with Crippen molar-refractivity contribution in [1.82, 2.24) is 0 Å². The smallest absolute Gasteiger partial charge is 0.303 e. The van der Waals surface area contributed by atoms with Crippen LogP contribution >= 0.6 is 0 Å². The van der Waals surface area contributed by atoms with Gasteiger partial charge >= 0.3 is 5.97 Å². The van der Waals surface area contributed by atoms with E-state index in [1.807, 2.05) is 0 Å². The van der Waals surface area contributed by atoms with E-state index < -0.39 is 5.97 Å². The summed E-state index contributed by atoms with van der Waals surface area (Å²) in [6, 6.07) is 0. The summed E-state index contributed by atoms with van der Waals surface area (Å²) in [5.41, 5.74) is 0. The number of rotatable bonds is 3. The molecule has 0 aromatic heterocycles. The molecule has 0 aromatic carbocycles. The fourth-order valence-electron chi connectivity index (χ4n) is 1.94. The Hall–Kier alpha value is -0.570. The number of hydrogen-bond acceptors (Lipinski definition) is 2. The first-order chi connectivity index (χ1) is 5.74. The van der Waals surface area contributed by atoms with Crippen LogP contribution in [0.2, 0.25) is 0 Å². The summed E-state index contributed by atoms with van der Waals surface area (Å²) in [7, 11) is 1.67. The minimum atomic E-state index is -0.705. The maximum atomic E-state index is 10.5. The van der Waals surface area contributed by atoms with Crippen LogP contribution < -0.4 is 0 Å². The van der Waals surface area contributed by atoms with Gasteiger partial charge in [0.2, 0.25) is 0 Å². The summed E-state index contributed by atoms with van der Waals surface area (Å²) in [5, 5.41) is 8.62. The molecule has 0 unspecified atom stereocenters. The van der Waals surface area contributed by atoms with E-state index in [4.69, 9.17) is 9.84 Å². The van der Waals surface area contributed by atoms with E-state index in [1.165, 1.54) is 6.42 Å². The van der Waals surface area contributed by atoms with E-state index in [0.717, 1.165) is 19.3 Å². The molecule has 2 atom stereocenters. The Kier molecular flexibility index (Phi) is 3.53. The van der Waals surface area contributed by atoms with Gasteiger partial charge in [-0.1, -0.05) is 12.8 Å². The molecule has 1 aliphatic carbocycles. The Bertz CT molecular complexity index is 156. The maximum absolute atomic E-state index is 10.5. The first-order valence-electron chi connectivity index (χ1n) is 4.48. The van der Waals surface area contributed by atoms with Gasteiger partial charge in [-0.15, -0.1) is 0 Å². The van der Waals surface area contributed by atoms with Crippen molar-refractivity contribution in [3.05, 3.63) is 0 Å². The van der Waals surface area contributed by atoms with Crippen LogP contribution in [0.4, 0.5) is 0 Å². The molecule has 1 rings (SSSR count). The van der Waals surface area contributed by atoms with Crippen molar-refractivity contribution in [2.75, 3.05) is 7.11 Å². The van der Waals surface area contributed by atoms with Crippen LogP contribution in [0, 0.1) is 5.92 Å². The summed E-state index contributed by atoms with van der Waals surface area (Å²) >= 11 is 0. The van der Waals surface area contributed by atoms with Crippen molar-refractivity contribution in [3.63, 3.8) is 0 Å². The van der Waals surface area contributed by atoms with Gasteiger partial charge in [-0.25, -0.2) is 0 Å². The standard InChI is InChI=1S/C9H16O3/c1-12-8-5-3-2-4-7(8)6-9(10)11/h7-8H,2-6H2,1H3,(H,10,11)/t7-,8-/m0/s1. The van der Waals surface area contributed by atoms with Crippen molar-refractivity contribution in [3.8, 4) is 0 Å². The molecule has 0 amide bonds. The van der Waals surface area contributed by atoms with Gasteiger partial charge in [0.1, 0.15) is 0 Å². The summed E-state index contributed by atoms with van der Waals surface area (Å²) < 4.78 is 5.24. The lowest BCUT2D eigenvalue weighted by atomic mass is 9.84. The van der Waals surface area contributed by atoms with Crippen molar-refractivity contribution in [2.24, 2.45) is 5.92 Å². The van der Waals surface area contributed by atoms with E-state index in [9.17, 15) is 4.79 Å². The molecule has 0 spiro atoms. The van der Waals surface area contributed by atoms with E-state index in [2.05, 4.69) is 0 Å². The highest BCUT2D eigenvalue weighted by molar-refractivity contribution is 5.67. The number of ether oxygens (including phenoxy) is 1. The fraction of sp³-hybridized carbons (Fsp3) is 0.889. The molecule has 0 aromatic rings. The number of carboxylic acids is 1. The lowest BCUT2D eigenvalue weighted by molar-refractivity contribution is -0.139. The third kappa shape index (κ3) is 2.48. The van der Waals surface area contributed by atoms with Gasteiger partial charge in [-0.3, -0.25) is 4.79 Å². The molecule has 1 N–H and O–H groups in total. The highest BCUT2D eigenvalue weighted by Gasteiger charge is 2.26. The van der Waals surface area contributed by atoms with Crippen LogP contribution in [0.1, 0.15) is 32.1 Å². The Morgan fingerprint density at radius 1 is 1.50 bits per heavy atom. The normalized spacial score (nSPS) is 30.1. The number of carbonyl (C=O) groups is 1. The second kappa shape index (κ2) is 4.45. The quantitative estimate of drug-likeness (QED) is 0.704. The molecule has 70 valence electrons. The van der Waals surface area contributed by atoms with Crippen molar-refractivity contribution in [2.45, 2.75) is 38.2 Å². The zero-order valence-electron chi connectivity index (χ0n) is 7.45. The molecule has 1 saturated carbocycles. The zero-order chi connectivity index (χ0) is 8.97. The van der Waals surface area contributed by atoms with Crippen molar-refractivity contribution < 1.29 is 14.6 Å². The third-order valence-electron chi connectivity index (χ3n) is 2.58. The maximum Gasteiger partial charge on any atom is 0.303 e. The average Bonchev–Trinajstić information content (AvgIpc) is 2.04. The Morgan fingerprint density at radius 2 is 2.17 bits per heavy atom. The van der Waals surface area contributed by atoms with Crippen LogP contribution in [-0.4, -0.2) is 24.3 Å². The number of carboxylic acid groups (broad SMARTS) is 1. The molecular weight excluding hydrogens is 156 g/mol. The Morgan fingerprint density at radius 3 is 2.75 bits per heavy atom. The Labute approximate surface area is 72.7 Å². The van der Waals surface area contributed by atoms with Crippen LogP contribution in [0.3, 0.4) is 0 Å². The van der Waals surface area contributed by atoms with Crippen LogP contribution in [0.5, 0.6) is 0 Å². The minimum absolute atomic E-state index is 0.176. The SMILES string of the molecule is CO[C@H]1CCCC[C@H]1CC(=O)O. The van der Waals surface area contributed by atoms with Gasteiger partial charge in [0.25, 0.3) is 0 Å². The van der Waals surface area contributed by atoms with E-state index in [-0.39, 0.29) is 18.4 Å². The lowest BCUT2D eigenvalue weighted by Gasteiger charge is -2.29. The van der Waals surface area contributed by atoms with Gasteiger partial charge in [-0.2, -0.15) is 0 Å². The highest BCUT2D eigenvalue weighted by atomic mass is 16.5. The largest absolute Gasteiger partial charge is 0.481 e. The van der Waals surface area contributed by atoms with Gasteiger partial charge in [0, 0.05) is 7.11 Å². The lowest BCUT2D eigenvalue weighted by Crippen LogP contribution is -2.28. The fourth-order valence-corrected chi connectivity index (χ4v) is 1.94. The number of methoxy groups -OCH3 is 1. The van der Waals surface area contributed by atoms with E-state index in [1.54, 1.807) is 7.11 Å². The topological polar surface area (TPSA) is 46.5 Å². The first-order valence-corrected chi connectivity index (χ1v) is 4.48. The van der Waals surface area contributed by atoms with Gasteiger partial charge < -0.3 is 9.84 Å². The summed E-state index contributed by atoms with van der Waals surface area (Å²) in [6.45, 7) is 0. The monoisotopic (exact) mass is 172 g/mol. The van der Waals surface area contributed by atoms with Crippen molar-refractivity contribution >= 4 is 5.97 Å². The van der Waals surface area contributed by atoms with Crippen molar-refractivity contribution in [1.29, 1.82) is 0 Å². The minimum Gasteiger partial charge on any atom is -0.481 e. The van der Waals surface area contributed by atoms with E-state index >= 15 is 0 Å². The van der Waals surface area contributed by atoms with E-state index in [0.29, 0.717) is 0 Å². The van der Waals surface area contributed by atoms with Crippen LogP contribution in [0.25, 0.3) is 0 Å². The third-order valence-corrected chi connectivity index (χ3v) is 2.58. The summed E-state index contributed by atoms with van der Waals surface area (Å²) in [4.78, 5) is 10.5. The number of aliphatic carboxylic acids is 1.